The largest absolute Gasteiger partial charge is 0.478 e. The summed E-state index contributed by atoms with van der Waals surface area (Å²) in [6.07, 6.45) is 0. The molecule has 0 unspecified atom stereocenters. The maximum absolute atomic E-state index is 10.9. The Hall–Kier alpha value is -3.46. The molecule has 6 heteroatoms. The molecule has 0 saturated carbocycles. The Labute approximate surface area is 125 Å². The average Bonchev–Trinajstić information content (AvgIpc) is 3.00. The quantitative estimate of drug-likeness (QED) is 0.800. The van der Waals surface area contributed by atoms with Gasteiger partial charge in [-0.25, -0.2) is 4.79 Å². The highest BCUT2D eigenvalue weighted by Gasteiger charge is 2.13. The van der Waals surface area contributed by atoms with E-state index in [4.69, 9.17) is 5.11 Å². The lowest BCUT2D eigenvalue weighted by atomic mass is 10.1. The smallest absolute Gasteiger partial charge is 0.335 e. The van der Waals surface area contributed by atoms with Gasteiger partial charge in [-0.2, -0.15) is 5.26 Å². The van der Waals surface area contributed by atoms with Gasteiger partial charge in [0.15, 0.2) is 5.69 Å². The summed E-state index contributed by atoms with van der Waals surface area (Å²) in [6.45, 7) is 0. The van der Waals surface area contributed by atoms with E-state index in [-0.39, 0.29) is 11.3 Å². The van der Waals surface area contributed by atoms with Gasteiger partial charge in [0.25, 0.3) is 0 Å². The summed E-state index contributed by atoms with van der Waals surface area (Å²) >= 11 is 0. The van der Waals surface area contributed by atoms with Crippen molar-refractivity contribution in [1.82, 2.24) is 15.0 Å². The number of nitriles is 1. The van der Waals surface area contributed by atoms with E-state index in [1.807, 2.05) is 36.4 Å². The number of aromatic carboxylic acids is 1. The Morgan fingerprint density at radius 1 is 1.05 bits per heavy atom. The van der Waals surface area contributed by atoms with Gasteiger partial charge in [0.1, 0.15) is 11.8 Å². The normalized spacial score (nSPS) is 10.1. The van der Waals surface area contributed by atoms with Crippen LogP contribution in [0.3, 0.4) is 0 Å². The van der Waals surface area contributed by atoms with Crippen LogP contribution in [0.5, 0.6) is 0 Å². The van der Waals surface area contributed by atoms with Crippen LogP contribution in [-0.4, -0.2) is 26.1 Å². The van der Waals surface area contributed by atoms with E-state index >= 15 is 0 Å². The molecule has 0 fully saturated rings. The number of benzene rings is 2. The van der Waals surface area contributed by atoms with Crippen molar-refractivity contribution in [1.29, 1.82) is 5.26 Å². The fraction of sp³-hybridized carbons (Fsp3) is 0. The van der Waals surface area contributed by atoms with Crippen molar-refractivity contribution in [2.24, 2.45) is 0 Å². The van der Waals surface area contributed by atoms with E-state index < -0.39 is 5.97 Å². The van der Waals surface area contributed by atoms with Gasteiger partial charge < -0.3 is 5.11 Å². The van der Waals surface area contributed by atoms with Crippen molar-refractivity contribution in [3.63, 3.8) is 0 Å². The maximum atomic E-state index is 10.9. The van der Waals surface area contributed by atoms with Gasteiger partial charge in [0.05, 0.1) is 11.3 Å². The summed E-state index contributed by atoms with van der Waals surface area (Å²) in [6, 6.07) is 17.4. The molecule has 0 saturated heterocycles. The highest BCUT2D eigenvalue weighted by molar-refractivity contribution is 5.87. The summed E-state index contributed by atoms with van der Waals surface area (Å²) in [7, 11) is 0. The molecule has 0 atom stereocenters. The van der Waals surface area contributed by atoms with Crippen LogP contribution in [0.4, 0.5) is 0 Å². The van der Waals surface area contributed by atoms with Crippen LogP contribution < -0.4 is 0 Å². The molecule has 22 heavy (non-hydrogen) atoms. The van der Waals surface area contributed by atoms with E-state index in [9.17, 15) is 10.1 Å². The van der Waals surface area contributed by atoms with Gasteiger partial charge in [-0.05, 0) is 24.3 Å². The van der Waals surface area contributed by atoms with E-state index in [0.29, 0.717) is 11.4 Å². The zero-order valence-electron chi connectivity index (χ0n) is 11.3. The van der Waals surface area contributed by atoms with Crippen LogP contribution in [0, 0.1) is 11.3 Å². The maximum Gasteiger partial charge on any atom is 0.335 e. The van der Waals surface area contributed by atoms with Crippen molar-refractivity contribution in [3.05, 3.63) is 65.9 Å². The van der Waals surface area contributed by atoms with Gasteiger partial charge in [-0.15, -0.1) is 15.0 Å². The van der Waals surface area contributed by atoms with Gasteiger partial charge in [-0.1, -0.05) is 30.3 Å². The first-order valence-electron chi connectivity index (χ1n) is 6.45. The van der Waals surface area contributed by atoms with Crippen LogP contribution in [0.2, 0.25) is 0 Å². The molecule has 0 aliphatic heterocycles. The molecule has 3 rings (SSSR count). The number of carboxylic acid groups (broad SMARTS) is 1. The zero-order chi connectivity index (χ0) is 15.5. The number of nitrogens with zero attached hydrogens (tertiary/aromatic N) is 4. The minimum absolute atomic E-state index is 0.180. The summed E-state index contributed by atoms with van der Waals surface area (Å²) in [4.78, 5) is 12.2. The van der Waals surface area contributed by atoms with Crippen molar-refractivity contribution < 1.29 is 9.90 Å². The second kappa shape index (κ2) is 5.50. The lowest BCUT2D eigenvalue weighted by molar-refractivity contribution is 0.0697. The number of carboxylic acids is 1. The molecular formula is C16H10N4O2. The molecule has 1 aromatic heterocycles. The third kappa shape index (κ3) is 2.43. The second-order valence-electron chi connectivity index (χ2n) is 4.52. The van der Waals surface area contributed by atoms with E-state index in [1.54, 1.807) is 12.1 Å². The Balaban J connectivity index is 2.04. The predicted octanol–water partition coefficient (Wildman–Crippen LogP) is 2.50. The molecule has 6 nitrogen and oxygen atoms in total. The number of hydrogen-bond donors (Lipinski definition) is 1. The van der Waals surface area contributed by atoms with E-state index in [2.05, 4.69) is 10.2 Å². The molecule has 2 aromatic carbocycles. The molecular weight excluding hydrogens is 280 g/mol. The SMILES string of the molecule is N#Cc1nn(-c2ccc(C(=O)O)cc2)nc1-c1ccccc1. The van der Waals surface area contributed by atoms with Crippen molar-refractivity contribution in [2.45, 2.75) is 0 Å². The minimum atomic E-state index is -0.998. The molecule has 106 valence electrons. The van der Waals surface area contributed by atoms with Crippen LogP contribution in [0.15, 0.2) is 54.6 Å². The highest BCUT2D eigenvalue weighted by Crippen LogP contribution is 2.20. The Kier molecular flexibility index (Phi) is 3.38. The predicted molar refractivity (Wildman–Crippen MR) is 78.5 cm³/mol. The Morgan fingerprint density at radius 2 is 1.73 bits per heavy atom. The van der Waals surface area contributed by atoms with Gasteiger partial charge >= 0.3 is 5.97 Å². The van der Waals surface area contributed by atoms with Crippen LogP contribution in [0.1, 0.15) is 16.1 Å². The molecule has 0 bridgehead atoms. The molecule has 0 spiro atoms. The molecule has 0 aliphatic carbocycles. The number of rotatable bonds is 3. The first-order chi connectivity index (χ1) is 10.7. The van der Waals surface area contributed by atoms with Gasteiger partial charge in [-0.3, -0.25) is 0 Å². The monoisotopic (exact) mass is 290 g/mol. The van der Waals surface area contributed by atoms with Crippen molar-refractivity contribution in [3.8, 4) is 23.0 Å². The Morgan fingerprint density at radius 3 is 2.32 bits per heavy atom. The first kappa shape index (κ1) is 13.5. The number of carbonyl (C=O) groups is 1. The average molecular weight is 290 g/mol. The van der Waals surface area contributed by atoms with Crippen molar-refractivity contribution >= 4 is 5.97 Å². The summed E-state index contributed by atoms with van der Waals surface area (Å²) in [5.41, 5.74) is 2.27. The molecule has 0 radical (unpaired) electrons. The molecule has 3 aromatic rings. The number of hydrogen-bond acceptors (Lipinski definition) is 4. The third-order valence-corrected chi connectivity index (χ3v) is 3.11. The molecule has 0 aliphatic rings. The van der Waals surface area contributed by atoms with Crippen molar-refractivity contribution in [2.75, 3.05) is 0 Å². The highest BCUT2D eigenvalue weighted by atomic mass is 16.4. The van der Waals surface area contributed by atoms with Gasteiger partial charge in [0, 0.05) is 5.56 Å². The van der Waals surface area contributed by atoms with Gasteiger partial charge in [0.2, 0.25) is 0 Å². The molecule has 1 heterocycles. The summed E-state index contributed by atoms with van der Waals surface area (Å²) < 4.78 is 0. The van der Waals surface area contributed by atoms with Crippen LogP contribution in [-0.2, 0) is 0 Å². The Bertz CT molecular complexity index is 861. The lowest BCUT2D eigenvalue weighted by Crippen LogP contribution is -2.01. The third-order valence-electron chi connectivity index (χ3n) is 3.11. The standard InChI is InChI=1S/C16H10N4O2/c17-10-14-15(11-4-2-1-3-5-11)19-20(18-14)13-8-6-12(7-9-13)16(21)22/h1-9H,(H,21,22). The van der Waals surface area contributed by atoms with Crippen LogP contribution >= 0.6 is 0 Å². The summed E-state index contributed by atoms with van der Waals surface area (Å²) in [5, 5.41) is 26.6. The molecule has 1 N–H and O–H groups in total. The summed E-state index contributed by atoms with van der Waals surface area (Å²) in [5.74, 6) is -0.998. The van der Waals surface area contributed by atoms with E-state index in [0.717, 1.165) is 5.56 Å². The number of aromatic nitrogens is 3. The fourth-order valence-corrected chi connectivity index (χ4v) is 2.03. The first-order valence-corrected chi connectivity index (χ1v) is 6.45. The second-order valence-corrected chi connectivity index (χ2v) is 4.52. The molecule has 0 amide bonds. The fourth-order valence-electron chi connectivity index (χ4n) is 2.03. The minimum Gasteiger partial charge on any atom is -0.478 e. The zero-order valence-corrected chi connectivity index (χ0v) is 11.3. The topological polar surface area (TPSA) is 91.8 Å². The van der Waals surface area contributed by atoms with Crippen LogP contribution in [0.25, 0.3) is 16.9 Å². The lowest BCUT2D eigenvalue weighted by Gasteiger charge is -2.00. The van der Waals surface area contributed by atoms with E-state index in [1.165, 1.54) is 16.9 Å².